The number of benzene rings is 1. The van der Waals surface area contributed by atoms with Crippen LogP contribution in [0, 0.1) is 13.8 Å². The van der Waals surface area contributed by atoms with Gasteiger partial charge in [0.05, 0.1) is 31.9 Å². The smallest absolute Gasteiger partial charge is 0.404 e. The van der Waals surface area contributed by atoms with E-state index in [0.717, 1.165) is 45.1 Å². The lowest BCUT2D eigenvalue weighted by atomic mass is 10.3. The Balaban J connectivity index is 0.00000300. The van der Waals surface area contributed by atoms with E-state index >= 15 is 0 Å². The van der Waals surface area contributed by atoms with Crippen LogP contribution in [-0.2, 0) is 10.0 Å². The zero-order valence-corrected chi connectivity index (χ0v) is 18.0. The lowest BCUT2D eigenvalue weighted by Crippen LogP contribution is -2.18. The maximum atomic E-state index is 12.7. The molecule has 3 aromatic rings. The van der Waals surface area contributed by atoms with Gasteiger partial charge in [-0.1, -0.05) is 0 Å². The second kappa shape index (κ2) is 8.44. The summed E-state index contributed by atoms with van der Waals surface area (Å²) in [4.78, 5) is 9.12. The zero-order chi connectivity index (χ0) is 20.7. The van der Waals surface area contributed by atoms with Gasteiger partial charge in [-0.15, -0.1) is 48.3 Å². The van der Waals surface area contributed by atoms with Crippen molar-refractivity contribution < 1.29 is 26.3 Å². The van der Waals surface area contributed by atoms with Crippen molar-refractivity contribution in [2.24, 2.45) is 5.14 Å². The highest BCUT2D eigenvalue weighted by Crippen LogP contribution is 2.37. The van der Waals surface area contributed by atoms with Gasteiger partial charge in [0.15, 0.2) is 10.9 Å². The highest BCUT2D eigenvalue weighted by molar-refractivity contribution is 7.89. The molecule has 0 bridgehead atoms. The lowest BCUT2D eigenvalue weighted by molar-refractivity contribution is -0.274. The first-order valence-electron chi connectivity index (χ1n) is 7.52. The summed E-state index contributed by atoms with van der Waals surface area (Å²) in [6, 6.07) is 2.76. The Kier molecular flexibility index (Phi) is 6.79. The number of rotatable bonds is 5. The number of hydrogen-bond acceptors (Lipinski definition) is 8. The van der Waals surface area contributed by atoms with E-state index in [2.05, 4.69) is 20.0 Å². The van der Waals surface area contributed by atoms with Crippen LogP contribution in [0.1, 0.15) is 10.7 Å². The van der Waals surface area contributed by atoms with Gasteiger partial charge in [-0.25, -0.2) is 23.5 Å². The first-order valence-corrected chi connectivity index (χ1v) is 10.8. The molecule has 0 saturated carbocycles. The number of ether oxygens (including phenoxy) is 1. The summed E-state index contributed by atoms with van der Waals surface area (Å²) in [5.41, 5.74) is 1.16. The van der Waals surface area contributed by atoms with Gasteiger partial charge >= 0.3 is 6.36 Å². The van der Waals surface area contributed by atoms with E-state index < -0.39 is 22.1 Å². The number of alkyl halides is 3. The van der Waals surface area contributed by atoms with E-state index in [-0.39, 0.29) is 28.1 Å². The number of sulfonamides is 1. The number of primary sulfonamides is 1. The van der Waals surface area contributed by atoms with Crippen LogP contribution in [-0.4, -0.2) is 24.7 Å². The number of hydrogen-bond donors (Lipinski definition) is 2. The average molecular weight is 487 g/mol. The summed E-state index contributed by atoms with van der Waals surface area (Å²) >= 11 is 2.58. The van der Waals surface area contributed by atoms with Gasteiger partial charge in [-0.2, -0.15) is 0 Å². The summed E-state index contributed by atoms with van der Waals surface area (Å²) in [6.45, 7) is 3.68. The molecule has 29 heavy (non-hydrogen) atoms. The average Bonchev–Trinajstić information content (AvgIpc) is 3.12. The van der Waals surface area contributed by atoms with Gasteiger partial charge in [0.1, 0.15) is 0 Å². The van der Waals surface area contributed by atoms with Gasteiger partial charge in [0.2, 0.25) is 10.0 Å². The summed E-state index contributed by atoms with van der Waals surface area (Å²) in [5.74, 6) is -0.610. The van der Waals surface area contributed by atoms with E-state index in [4.69, 9.17) is 5.14 Å². The molecule has 0 amide bonds. The quantitative estimate of drug-likeness (QED) is 0.546. The third-order valence-electron chi connectivity index (χ3n) is 3.39. The van der Waals surface area contributed by atoms with Crippen molar-refractivity contribution in [1.29, 1.82) is 0 Å². The topological polar surface area (TPSA) is 107 Å². The van der Waals surface area contributed by atoms with E-state index in [1.807, 2.05) is 13.8 Å². The summed E-state index contributed by atoms with van der Waals surface area (Å²) in [7, 11) is -4.12. The molecule has 0 fully saturated rings. The third kappa shape index (κ3) is 5.79. The van der Waals surface area contributed by atoms with Crippen molar-refractivity contribution in [3.63, 3.8) is 0 Å². The van der Waals surface area contributed by atoms with Crippen molar-refractivity contribution in [2.75, 3.05) is 5.32 Å². The molecule has 3 rings (SSSR count). The number of nitrogens with zero attached hydrogens (tertiary/aromatic N) is 2. The minimum Gasteiger partial charge on any atom is -0.404 e. The van der Waals surface area contributed by atoms with Crippen LogP contribution in [0.2, 0.25) is 0 Å². The Morgan fingerprint density at radius 3 is 2.45 bits per heavy atom. The number of aryl methyl sites for hydroxylation is 2. The fourth-order valence-corrected chi connectivity index (χ4v) is 4.53. The van der Waals surface area contributed by atoms with Crippen molar-refractivity contribution >= 4 is 55.9 Å². The van der Waals surface area contributed by atoms with E-state index in [1.54, 1.807) is 5.38 Å². The normalized spacial score (nSPS) is 11.8. The number of aromatic nitrogens is 2. The predicted octanol–water partition coefficient (Wildman–Crippen LogP) is 4.59. The van der Waals surface area contributed by atoms with E-state index in [9.17, 15) is 21.6 Å². The lowest BCUT2D eigenvalue weighted by Gasteiger charge is -2.14. The molecular weight excluding hydrogens is 473 g/mol. The number of thiazole rings is 2. The standard InChI is InChI=1S/C15H13F3N4O3S3.ClH/c1-7-13(27-8(2)20-7)11-6-26-14(22-11)21-10-5-9(28(19,23)24)3-4-12(10)25-15(16,17)18;/h3-6H,1-2H3,(H,21,22)(H2,19,23,24);1H. The number of nitrogens with two attached hydrogens (primary N) is 1. The predicted molar refractivity (Wildman–Crippen MR) is 108 cm³/mol. The molecule has 0 spiro atoms. The Hall–Kier alpha value is -1.93. The summed E-state index contributed by atoms with van der Waals surface area (Å²) in [5, 5.41) is 10.6. The van der Waals surface area contributed by atoms with Crippen LogP contribution in [0.5, 0.6) is 5.75 Å². The highest BCUT2D eigenvalue weighted by atomic mass is 35.5. The Morgan fingerprint density at radius 2 is 1.90 bits per heavy atom. The van der Waals surface area contributed by atoms with Crippen LogP contribution < -0.4 is 15.2 Å². The van der Waals surface area contributed by atoms with Crippen molar-refractivity contribution in [3.8, 4) is 16.3 Å². The number of halogens is 4. The molecule has 0 atom stereocenters. The Bertz CT molecular complexity index is 1130. The third-order valence-corrected chi connectivity index (χ3v) is 6.15. The molecule has 0 aliphatic rings. The molecule has 0 unspecified atom stereocenters. The molecule has 14 heteroatoms. The molecule has 1 aromatic carbocycles. The molecule has 3 N–H and O–H groups in total. The monoisotopic (exact) mass is 486 g/mol. The van der Waals surface area contributed by atoms with Crippen molar-refractivity contribution in [2.45, 2.75) is 25.1 Å². The maximum Gasteiger partial charge on any atom is 0.573 e. The number of anilines is 2. The van der Waals surface area contributed by atoms with Gasteiger partial charge in [-0.05, 0) is 32.0 Å². The molecular formula is C15H14ClF3N4O3S3. The van der Waals surface area contributed by atoms with Gasteiger partial charge in [0.25, 0.3) is 0 Å². The zero-order valence-electron chi connectivity index (χ0n) is 14.8. The van der Waals surface area contributed by atoms with Gasteiger partial charge in [0, 0.05) is 5.38 Å². The Morgan fingerprint density at radius 1 is 1.21 bits per heavy atom. The van der Waals surface area contributed by atoms with Crippen LogP contribution in [0.15, 0.2) is 28.5 Å². The largest absolute Gasteiger partial charge is 0.573 e. The van der Waals surface area contributed by atoms with Crippen molar-refractivity contribution in [3.05, 3.63) is 34.3 Å². The van der Waals surface area contributed by atoms with Crippen LogP contribution in [0.25, 0.3) is 10.6 Å². The second-order valence-electron chi connectivity index (χ2n) is 5.56. The minimum absolute atomic E-state index is 0. The first-order chi connectivity index (χ1) is 12.9. The molecule has 2 heterocycles. The van der Waals surface area contributed by atoms with Gasteiger partial charge < -0.3 is 10.1 Å². The maximum absolute atomic E-state index is 12.7. The number of nitrogens with one attached hydrogen (secondary N) is 1. The van der Waals surface area contributed by atoms with Crippen molar-refractivity contribution in [1.82, 2.24) is 9.97 Å². The van der Waals surface area contributed by atoms with E-state index in [1.165, 1.54) is 11.3 Å². The molecule has 158 valence electrons. The molecule has 0 aliphatic heterocycles. The second-order valence-corrected chi connectivity index (χ2v) is 9.18. The summed E-state index contributed by atoms with van der Waals surface area (Å²) < 4.78 is 65.0. The SMILES string of the molecule is Cc1nc(C)c(-c2csc(Nc3cc(S(N)(=O)=O)ccc3OC(F)(F)F)n2)s1.Cl. The fourth-order valence-electron chi connectivity index (χ4n) is 2.32. The molecule has 7 nitrogen and oxygen atoms in total. The van der Waals surface area contributed by atoms with Crippen LogP contribution in [0.4, 0.5) is 24.0 Å². The molecule has 0 saturated heterocycles. The highest BCUT2D eigenvalue weighted by Gasteiger charge is 2.32. The van der Waals surface area contributed by atoms with Crippen LogP contribution in [0.3, 0.4) is 0 Å². The Labute approximate surface area is 178 Å². The van der Waals surface area contributed by atoms with Crippen LogP contribution >= 0.6 is 35.1 Å². The molecule has 0 radical (unpaired) electrons. The van der Waals surface area contributed by atoms with Gasteiger partial charge in [-0.3, -0.25) is 0 Å². The summed E-state index contributed by atoms with van der Waals surface area (Å²) in [6.07, 6.45) is -4.95. The van der Waals surface area contributed by atoms with E-state index in [0.29, 0.717) is 5.69 Å². The molecule has 2 aromatic heterocycles. The fraction of sp³-hybridized carbons (Fsp3) is 0.200. The minimum atomic E-state index is -4.95. The first kappa shape index (κ1) is 23.3. The molecule has 0 aliphatic carbocycles.